The molecule has 0 bridgehead atoms. The van der Waals surface area contributed by atoms with Crippen molar-refractivity contribution in [3.05, 3.63) is 9.75 Å². The molecule has 30 heteroatoms. The fraction of sp³-hybridized carbons (Fsp3) is 0.748. The number of thiophene rings is 6. The lowest BCUT2D eigenvalue weighted by molar-refractivity contribution is -0.164. The summed E-state index contributed by atoms with van der Waals surface area (Å²) in [5.74, 6) is 1.90. The molecule has 149 heavy (non-hydrogen) atoms. The zero-order valence-corrected chi connectivity index (χ0v) is 97.8. The Morgan fingerprint density at radius 2 is 0.356 bits per heavy atom. The molecule has 0 aromatic carbocycles. The standard InChI is InChI=1S/C119H180O24S6/c1-15-27-37-43-45-51-61-87(59-49-41-31-19-5)115(124)142-79-119(80-143-116(125)88(60-50-42-32-20-6)62-52-46-44-38-28-16-2)73-136-99-100(137-74-119)110(149-109(99)104-94-93(128-65-66-129-94)103(146-104)102-92-90(82(14)145-102)132-69-117(70-133-92,75-138-111(120)83(25-11)53-33-21-7)76-139-112(121)84(26-12)54-34-22-8)106-96-95(130-67-68-131-96)105(147-106)108-98-97(107(148-108)101-91-89(81(13)144-101)126-63-64-127-91)134-71-118(72-135-98,77-140-113(122)85(55-35-23-9)57-47-39-29-17-3)78-141-114(123)86(56-36-24-10)58-48-40-30-18-4/h83-88H,15-80H2,1-14H3. The smallest absolute Gasteiger partial charge is 0.308 e. The second kappa shape index (κ2) is 63.0. The fourth-order valence-corrected chi connectivity index (χ4v) is 28.2. The highest BCUT2D eigenvalue weighted by atomic mass is 32.1. The van der Waals surface area contributed by atoms with Crippen LogP contribution in [0.5, 0.6) is 69.0 Å². The topological polar surface area (TPSA) is 269 Å². The molecule has 0 N–H and O–H groups in total. The van der Waals surface area contributed by atoms with Crippen LogP contribution >= 0.6 is 68.0 Å². The molecule has 6 aromatic heterocycles. The van der Waals surface area contributed by atoms with Crippen LogP contribution in [0.3, 0.4) is 0 Å². The van der Waals surface area contributed by atoms with Crippen molar-refractivity contribution in [1.29, 1.82) is 0 Å². The molecular weight excluding hydrogens is 2010 g/mol. The first-order valence-corrected chi connectivity index (χ1v) is 63.1. The van der Waals surface area contributed by atoms with Gasteiger partial charge in [0.2, 0.25) is 0 Å². The molecule has 6 atom stereocenters. The Hall–Kier alpha value is -7.38. The lowest BCUT2D eigenvalue weighted by atomic mass is 9.91. The zero-order valence-electron chi connectivity index (χ0n) is 92.9. The Bertz CT molecular complexity index is 4940. The molecule has 6 aromatic rings. The van der Waals surface area contributed by atoms with Crippen LogP contribution in [0, 0.1) is 65.6 Å². The molecule has 6 aliphatic rings. The van der Waals surface area contributed by atoms with E-state index < -0.39 is 16.2 Å². The third kappa shape index (κ3) is 33.1. The van der Waals surface area contributed by atoms with E-state index in [-0.39, 0.29) is 177 Å². The number of carbonyl (C=O) groups excluding carboxylic acids is 6. The van der Waals surface area contributed by atoms with E-state index in [4.69, 9.17) is 85.3 Å². The lowest BCUT2D eigenvalue weighted by Crippen LogP contribution is -2.44. The van der Waals surface area contributed by atoms with Gasteiger partial charge in [0.1, 0.15) is 135 Å². The van der Waals surface area contributed by atoms with Crippen molar-refractivity contribution in [3.8, 4) is 118 Å². The predicted molar refractivity (Wildman–Crippen MR) is 600 cm³/mol. The average Bonchev–Trinajstić information content (AvgIpc) is 1.56. The van der Waals surface area contributed by atoms with Gasteiger partial charge in [-0.3, -0.25) is 28.8 Å². The molecule has 24 nitrogen and oxygen atoms in total. The van der Waals surface area contributed by atoms with E-state index in [1.54, 1.807) is 0 Å². The summed E-state index contributed by atoms with van der Waals surface area (Å²) in [6.07, 6.45) is 44.7. The van der Waals surface area contributed by atoms with E-state index in [0.717, 1.165) is 233 Å². The number of hydrogen-bond donors (Lipinski definition) is 0. The monoisotopic (exact) mass is 2190 g/mol. The van der Waals surface area contributed by atoms with Gasteiger partial charge in [0.05, 0.1) is 84.3 Å². The molecule has 12 heterocycles. The molecule has 0 radical (unpaired) electrons. The van der Waals surface area contributed by atoms with Crippen molar-refractivity contribution >= 4 is 104 Å². The quantitative estimate of drug-likeness (QED) is 0.0195. The third-order valence-electron chi connectivity index (χ3n) is 30.3. The van der Waals surface area contributed by atoms with Crippen molar-refractivity contribution < 1.29 is 114 Å². The Morgan fingerprint density at radius 3 is 0.584 bits per heavy atom. The maximum Gasteiger partial charge on any atom is 0.308 e. The minimum atomic E-state index is -1.29. The van der Waals surface area contributed by atoms with Crippen LogP contribution in [0.1, 0.15) is 401 Å². The van der Waals surface area contributed by atoms with Gasteiger partial charge in [-0.25, -0.2) is 0 Å². The molecule has 0 amide bonds. The minimum Gasteiger partial charge on any atom is -0.488 e. The predicted octanol–water partition coefficient (Wildman–Crippen LogP) is 32.5. The first kappa shape index (κ1) is 120. The van der Waals surface area contributed by atoms with E-state index in [1.807, 2.05) is 27.7 Å². The summed E-state index contributed by atoms with van der Waals surface area (Å²) in [6, 6.07) is 0. The maximum atomic E-state index is 15.4. The van der Waals surface area contributed by atoms with Crippen molar-refractivity contribution in [2.75, 3.05) is 119 Å². The van der Waals surface area contributed by atoms with E-state index in [0.29, 0.717) is 203 Å². The number of unbranched alkanes of at least 4 members (excludes halogenated alkanes) is 26. The van der Waals surface area contributed by atoms with Crippen LogP contribution in [0.25, 0.3) is 48.8 Å². The molecule has 6 aliphatic heterocycles. The van der Waals surface area contributed by atoms with Crippen LogP contribution in [0.4, 0.5) is 0 Å². The summed E-state index contributed by atoms with van der Waals surface area (Å²) in [7, 11) is 0. The van der Waals surface area contributed by atoms with Gasteiger partial charge in [0.25, 0.3) is 0 Å². The van der Waals surface area contributed by atoms with Gasteiger partial charge < -0.3 is 85.3 Å². The minimum absolute atomic E-state index is 0.0116. The van der Waals surface area contributed by atoms with Gasteiger partial charge in [0, 0.05) is 9.75 Å². The highest BCUT2D eigenvalue weighted by Crippen LogP contribution is 2.69. The fourth-order valence-electron chi connectivity index (χ4n) is 20.7. The number of rotatable bonds is 71. The highest BCUT2D eigenvalue weighted by Gasteiger charge is 2.50. The van der Waals surface area contributed by atoms with E-state index in [2.05, 4.69) is 69.2 Å². The number of ether oxygens (including phenoxy) is 18. The highest BCUT2D eigenvalue weighted by molar-refractivity contribution is 7.32. The summed E-state index contributed by atoms with van der Waals surface area (Å²) >= 11 is 8.83. The number of aryl methyl sites for hydroxylation is 2. The van der Waals surface area contributed by atoms with Crippen molar-refractivity contribution in [2.24, 2.45) is 51.8 Å². The Labute approximate surface area is 914 Å². The van der Waals surface area contributed by atoms with Crippen LogP contribution in [0.2, 0.25) is 0 Å². The van der Waals surface area contributed by atoms with Crippen molar-refractivity contribution in [1.82, 2.24) is 0 Å². The van der Waals surface area contributed by atoms with Gasteiger partial charge in [-0.05, 0) is 90.9 Å². The second-order valence-electron chi connectivity index (χ2n) is 43.0. The van der Waals surface area contributed by atoms with Crippen LogP contribution in [-0.4, -0.2) is 155 Å². The van der Waals surface area contributed by atoms with Gasteiger partial charge in [-0.15, -0.1) is 68.0 Å². The zero-order chi connectivity index (χ0) is 106. The Kier molecular flexibility index (Phi) is 50.8. The van der Waals surface area contributed by atoms with Crippen molar-refractivity contribution in [2.45, 2.75) is 405 Å². The van der Waals surface area contributed by atoms with E-state index >= 15 is 9.59 Å². The molecule has 0 saturated heterocycles. The normalized spacial score (nSPS) is 18.2. The van der Waals surface area contributed by atoms with Gasteiger partial charge in [-0.1, -0.05) is 314 Å². The number of esters is 6. The summed E-state index contributed by atoms with van der Waals surface area (Å²) in [5, 5.41) is 0. The van der Waals surface area contributed by atoms with Crippen LogP contribution in [-0.2, 0) is 57.2 Å². The Balaban J connectivity index is 1.02. The van der Waals surface area contributed by atoms with Gasteiger partial charge in [0.15, 0.2) is 69.0 Å². The molecule has 836 valence electrons. The van der Waals surface area contributed by atoms with Gasteiger partial charge >= 0.3 is 35.8 Å². The third-order valence-corrected chi connectivity index (χ3v) is 37.9. The molecule has 0 saturated carbocycles. The first-order chi connectivity index (χ1) is 72.7. The SMILES string of the molecule is CCCCCCCCC(CCCCCC)C(=O)OCC1(COC(=O)C(CCCCCC)CCCCCCCC)COc2c(-c3sc(-c4sc(C)c5c4OCC(COC(=O)C(CC)CCCC)(COC(=O)C(CC)CCCC)CO5)c4c3OCCO4)sc(-c3sc(-c4sc(-c5sc(C)c6c5OCCO6)c5c4OCC(COC(=O)C(CCCC)CCCCCC)(COC(=O)C(CCCC)CCCCCC)CO5)c4c3OCCO4)c2OC1. The number of fused-ring (bicyclic) bond motifs is 6. The summed E-state index contributed by atoms with van der Waals surface area (Å²) in [4.78, 5) is 97.5. The first-order valence-electron chi connectivity index (χ1n) is 58.2. The van der Waals surface area contributed by atoms with Crippen molar-refractivity contribution in [3.63, 3.8) is 0 Å². The van der Waals surface area contributed by atoms with Crippen LogP contribution in [0.15, 0.2) is 0 Å². The molecule has 0 fully saturated rings. The maximum absolute atomic E-state index is 15.4. The lowest BCUT2D eigenvalue weighted by Gasteiger charge is -2.31. The van der Waals surface area contributed by atoms with Crippen LogP contribution < -0.4 is 56.8 Å². The largest absolute Gasteiger partial charge is 0.488 e. The molecule has 12 rings (SSSR count). The van der Waals surface area contributed by atoms with E-state index in [1.165, 1.54) is 80.9 Å². The molecule has 0 aliphatic carbocycles. The number of hydrogen-bond acceptors (Lipinski definition) is 30. The molecule has 0 spiro atoms. The van der Waals surface area contributed by atoms with Gasteiger partial charge in [-0.2, -0.15) is 0 Å². The van der Waals surface area contributed by atoms with E-state index in [9.17, 15) is 19.2 Å². The molecular formula is C119H180O24S6. The summed E-state index contributed by atoms with van der Waals surface area (Å²) in [5.41, 5.74) is -3.63. The second-order valence-corrected chi connectivity index (χ2v) is 49.5. The number of carbonyl (C=O) groups is 6. The summed E-state index contributed by atoms with van der Waals surface area (Å²) < 4.78 is 125. The summed E-state index contributed by atoms with van der Waals surface area (Å²) in [6.45, 7) is 30.0. The molecule has 6 unspecified atom stereocenters. The Morgan fingerprint density at radius 1 is 0.201 bits per heavy atom. The average molecular weight is 2190 g/mol.